The molecule has 0 spiro atoms. The van der Waals surface area contributed by atoms with Gasteiger partial charge in [0.2, 0.25) is 0 Å². The Hall–Kier alpha value is -1.14. The van der Waals surface area contributed by atoms with Crippen LogP contribution in [0.15, 0.2) is 27.7 Å². The molecule has 1 heterocycles. The third-order valence-electron chi connectivity index (χ3n) is 2.96. The van der Waals surface area contributed by atoms with E-state index in [9.17, 15) is 4.39 Å². The van der Waals surface area contributed by atoms with Crippen LogP contribution in [0.4, 0.5) is 4.39 Å². The molecule has 0 saturated carbocycles. The van der Waals surface area contributed by atoms with E-state index in [1.54, 1.807) is 12.1 Å². The maximum absolute atomic E-state index is 13.5. The summed E-state index contributed by atoms with van der Waals surface area (Å²) in [6, 6.07) is 4.76. The Morgan fingerprint density at radius 2 is 2.42 bits per heavy atom. The van der Waals surface area contributed by atoms with E-state index in [1.807, 2.05) is 0 Å². The molecule has 19 heavy (non-hydrogen) atoms. The lowest BCUT2D eigenvalue weighted by Crippen LogP contribution is -2.37. The van der Waals surface area contributed by atoms with Crippen molar-refractivity contribution in [2.45, 2.75) is 25.5 Å². The molecule has 0 aliphatic carbocycles. The molecule has 1 aliphatic rings. The van der Waals surface area contributed by atoms with Gasteiger partial charge in [-0.1, -0.05) is 15.9 Å². The molecule has 6 heteroatoms. The van der Waals surface area contributed by atoms with Gasteiger partial charge in [0, 0.05) is 23.2 Å². The number of halogens is 2. The fourth-order valence-electron chi connectivity index (χ4n) is 1.91. The van der Waals surface area contributed by atoms with Crippen LogP contribution in [-0.4, -0.2) is 25.2 Å². The molecule has 4 nitrogen and oxygen atoms in total. The average molecular weight is 330 g/mol. The minimum absolute atomic E-state index is 0.205. The number of guanidine groups is 1. The Labute approximate surface area is 120 Å². The second kappa shape index (κ2) is 6.86. The lowest BCUT2D eigenvalue weighted by molar-refractivity contribution is 0.114. The van der Waals surface area contributed by atoms with Crippen LogP contribution in [0.5, 0.6) is 0 Å². The molecule has 1 aliphatic heterocycles. The number of nitrogens with two attached hydrogens (primary N) is 1. The van der Waals surface area contributed by atoms with Crippen molar-refractivity contribution in [1.29, 1.82) is 0 Å². The molecule has 1 fully saturated rings. The van der Waals surface area contributed by atoms with Crippen LogP contribution in [-0.2, 0) is 11.3 Å². The van der Waals surface area contributed by atoms with Gasteiger partial charge >= 0.3 is 0 Å². The molecule has 3 N–H and O–H groups in total. The lowest BCUT2D eigenvalue weighted by atomic mass is 10.2. The molecular weight excluding hydrogens is 313 g/mol. The predicted molar refractivity (Wildman–Crippen MR) is 76.4 cm³/mol. The summed E-state index contributed by atoms with van der Waals surface area (Å²) in [7, 11) is 0. The van der Waals surface area contributed by atoms with Gasteiger partial charge in [-0.05, 0) is 31.0 Å². The number of hydrogen-bond donors (Lipinski definition) is 2. The van der Waals surface area contributed by atoms with Crippen molar-refractivity contribution < 1.29 is 9.13 Å². The van der Waals surface area contributed by atoms with Crippen LogP contribution in [0.3, 0.4) is 0 Å². The van der Waals surface area contributed by atoms with Gasteiger partial charge in [0.25, 0.3) is 0 Å². The van der Waals surface area contributed by atoms with E-state index in [4.69, 9.17) is 10.5 Å². The van der Waals surface area contributed by atoms with Gasteiger partial charge in [0.1, 0.15) is 5.82 Å². The molecule has 2 rings (SSSR count). The first-order valence-electron chi connectivity index (χ1n) is 6.24. The molecule has 0 radical (unpaired) electrons. The summed E-state index contributed by atoms with van der Waals surface area (Å²) in [5.41, 5.74) is 6.25. The minimum Gasteiger partial charge on any atom is -0.376 e. The van der Waals surface area contributed by atoms with Gasteiger partial charge in [-0.15, -0.1) is 0 Å². The molecule has 1 aromatic carbocycles. The number of ether oxygens (including phenoxy) is 1. The van der Waals surface area contributed by atoms with Crippen molar-refractivity contribution in [3.05, 3.63) is 34.1 Å². The zero-order valence-electron chi connectivity index (χ0n) is 10.5. The largest absolute Gasteiger partial charge is 0.376 e. The van der Waals surface area contributed by atoms with E-state index in [0.717, 1.165) is 23.9 Å². The van der Waals surface area contributed by atoms with Crippen molar-refractivity contribution in [2.24, 2.45) is 10.7 Å². The van der Waals surface area contributed by atoms with Gasteiger partial charge < -0.3 is 15.8 Å². The number of benzene rings is 1. The van der Waals surface area contributed by atoms with Crippen molar-refractivity contribution in [1.82, 2.24) is 5.32 Å². The van der Waals surface area contributed by atoms with Gasteiger partial charge in [0.15, 0.2) is 5.96 Å². The van der Waals surface area contributed by atoms with E-state index in [-0.39, 0.29) is 18.5 Å². The standard InChI is InChI=1S/C13H17BrFN3O/c14-10-3-4-12(15)9(6-10)7-17-13(16)18-8-11-2-1-5-19-11/h3-4,6,11H,1-2,5,7-8H2,(H3,16,17,18). The Kier molecular flexibility index (Phi) is 5.15. The van der Waals surface area contributed by atoms with E-state index >= 15 is 0 Å². The van der Waals surface area contributed by atoms with E-state index < -0.39 is 0 Å². The summed E-state index contributed by atoms with van der Waals surface area (Å²) < 4.78 is 19.8. The molecular formula is C13H17BrFN3O. The fourth-order valence-corrected chi connectivity index (χ4v) is 2.32. The van der Waals surface area contributed by atoms with Crippen molar-refractivity contribution in [2.75, 3.05) is 13.2 Å². The average Bonchev–Trinajstić information content (AvgIpc) is 2.90. The summed E-state index contributed by atoms with van der Waals surface area (Å²) in [6.45, 7) is 1.68. The second-order valence-electron chi connectivity index (χ2n) is 4.45. The van der Waals surface area contributed by atoms with Crippen LogP contribution in [0, 0.1) is 5.82 Å². The van der Waals surface area contributed by atoms with Gasteiger partial charge in [-0.25, -0.2) is 9.38 Å². The topological polar surface area (TPSA) is 59.6 Å². The molecule has 1 aromatic rings. The zero-order chi connectivity index (χ0) is 13.7. The van der Waals surface area contributed by atoms with Gasteiger partial charge in [0.05, 0.1) is 12.6 Å². The normalized spacial score (nSPS) is 19.7. The smallest absolute Gasteiger partial charge is 0.189 e. The highest BCUT2D eigenvalue weighted by molar-refractivity contribution is 9.10. The monoisotopic (exact) mass is 329 g/mol. The highest BCUT2D eigenvalue weighted by Crippen LogP contribution is 2.16. The molecule has 104 valence electrons. The maximum Gasteiger partial charge on any atom is 0.189 e. The lowest BCUT2D eigenvalue weighted by Gasteiger charge is -2.11. The molecule has 0 aromatic heterocycles. The van der Waals surface area contributed by atoms with E-state index in [0.29, 0.717) is 18.1 Å². The fraction of sp³-hybridized carbons (Fsp3) is 0.462. The summed E-state index contributed by atoms with van der Waals surface area (Å²) in [4.78, 5) is 4.12. The summed E-state index contributed by atoms with van der Waals surface area (Å²) in [5, 5.41) is 3.00. The number of rotatable bonds is 4. The maximum atomic E-state index is 13.5. The quantitative estimate of drug-likeness (QED) is 0.657. The van der Waals surface area contributed by atoms with Crippen LogP contribution in [0.25, 0.3) is 0 Å². The first kappa shape index (κ1) is 14.3. The van der Waals surface area contributed by atoms with Crippen molar-refractivity contribution in [3.63, 3.8) is 0 Å². The summed E-state index contributed by atoms with van der Waals surface area (Å²) in [5.74, 6) is 0.0359. The number of nitrogens with zero attached hydrogens (tertiary/aromatic N) is 1. The minimum atomic E-state index is -0.279. The number of nitrogens with one attached hydrogen (secondary N) is 1. The Balaban J connectivity index is 1.84. The van der Waals surface area contributed by atoms with Gasteiger partial charge in [-0.2, -0.15) is 0 Å². The Morgan fingerprint density at radius 1 is 1.58 bits per heavy atom. The van der Waals surface area contributed by atoms with Crippen LogP contribution in [0.2, 0.25) is 0 Å². The number of hydrogen-bond acceptors (Lipinski definition) is 2. The first-order chi connectivity index (χ1) is 9.15. The van der Waals surface area contributed by atoms with E-state index in [1.165, 1.54) is 6.07 Å². The van der Waals surface area contributed by atoms with Crippen LogP contribution >= 0.6 is 15.9 Å². The third-order valence-corrected chi connectivity index (χ3v) is 3.46. The van der Waals surface area contributed by atoms with Crippen LogP contribution < -0.4 is 11.1 Å². The summed E-state index contributed by atoms with van der Waals surface area (Å²) in [6.07, 6.45) is 2.34. The van der Waals surface area contributed by atoms with Crippen molar-refractivity contribution >= 4 is 21.9 Å². The SMILES string of the molecule is NC(=NCc1cc(Br)ccc1F)NCC1CCCO1. The Morgan fingerprint density at radius 3 is 3.16 bits per heavy atom. The highest BCUT2D eigenvalue weighted by Gasteiger charge is 2.14. The van der Waals surface area contributed by atoms with Gasteiger partial charge in [-0.3, -0.25) is 0 Å². The second-order valence-corrected chi connectivity index (χ2v) is 5.37. The zero-order valence-corrected chi connectivity index (χ0v) is 12.1. The summed E-state index contributed by atoms with van der Waals surface area (Å²) >= 11 is 3.30. The van der Waals surface area contributed by atoms with E-state index in [2.05, 4.69) is 26.2 Å². The molecule has 1 atom stereocenters. The van der Waals surface area contributed by atoms with Crippen molar-refractivity contribution in [3.8, 4) is 0 Å². The Bertz CT molecular complexity index is 461. The highest BCUT2D eigenvalue weighted by atomic mass is 79.9. The predicted octanol–water partition coefficient (Wildman–Crippen LogP) is 2.17. The molecule has 1 unspecified atom stereocenters. The molecule has 0 bridgehead atoms. The first-order valence-corrected chi connectivity index (χ1v) is 7.04. The molecule has 1 saturated heterocycles. The van der Waals surface area contributed by atoms with Crippen LogP contribution in [0.1, 0.15) is 18.4 Å². The molecule has 0 amide bonds. The number of aliphatic imine (C=N–C) groups is 1. The third kappa shape index (κ3) is 4.47.